The van der Waals surface area contributed by atoms with Gasteiger partial charge in [-0.05, 0) is 42.3 Å². The molecule has 9 heteroatoms. The largest absolute Gasteiger partial charge is 0.346 e. The summed E-state index contributed by atoms with van der Waals surface area (Å²) in [4.78, 5) is 20.9. The van der Waals surface area contributed by atoms with E-state index in [2.05, 4.69) is 15.3 Å². The van der Waals surface area contributed by atoms with Gasteiger partial charge in [-0.3, -0.25) is 4.79 Å². The molecule has 1 saturated heterocycles. The lowest BCUT2D eigenvalue weighted by atomic mass is 9.95. The van der Waals surface area contributed by atoms with Crippen molar-refractivity contribution in [2.75, 3.05) is 13.1 Å². The van der Waals surface area contributed by atoms with E-state index in [4.69, 9.17) is 0 Å². The van der Waals surface area contributed by atoms with Crippen LogP contribution in [0.2, 0.25) is 0 Å². The average molecular weight is 447 g/mol. The Kier molecular flexibility index (Phi) is 5.95. The zero-order chi connectivity index (χ0) is 21.3. The number of fused-ring (bicyclic) bond motifs is 1. The first-order valence-corrected chi connectivity index (χ1v) is 12.5. The number of carbonyl (C=O) groups excluding carboxylic acids is 1. The number of piperidine rings is 1. The number of para-hydroxylation sites is 2. The molecule has 1 atom stereocenters. The van der Waals surface area contributed by atoms with E-state index >= 15 is 0 Å². The third kappa shape index (κ3) is 4.14. The second-order valence-electron chi connectivity index (χ2n) is 7.98. The summed E-state index contributed by atoms with van der Waals surface area (Å²) in [7, 11) is -3.46. The number of amides is 1. The minimum Gasteiger partial charge on any atom is -0.346 e. The van der Waals surface area contributed by atoms with E-state index in [1.807, 2.05) is 38.1 Å². The summed E-state index contributed by atoms with van der Waals surface area (Å²) in [5.74, 6) is 0.666. The molecule has 160 valence electrons. The van der Waals surface area contributed by atoms with E-state index in [1.165, 1.54) is 15.6 Å². The van der Waals surface area contributed by atoms with Crippen LogP contribution in [0.1, 0.15) is 38.6 Å². The van der Waals surface area contributed by atoms with Crippen molar-refractivity contribution < 1.29 is 13.2 Å². The molecule has 0 aliphatic carbocycles. The van der Waals surface area contributed by atoms with Gasteiger partial charge in [0.25, 0.3) is 10.0 Å². The molecule has 7 nitrogen and oxygen atoms in total. The van der Waals surface area contributed by atoms with E-state index in [-0.39, 0.29) is 23.8 Å². The van der Waals surface area contributed by atoms with Gasteiger partial charge >= 0.3 is 0 Å². The van der Waals surface area contributed by atoms with Crippen LogP contribution in [0.5, 0.6) is 0 Å². The van der Waals surface area contributed by atoms with Crippen molar-refractivity contribution in [2.45, 2.75) is 36.9 Å². The van der Waals surface area contributed by atoms with Crippen molar-refractivity contribution >= 4 is 38.3 Å². The summed E-state index contributed by atoms with van der Waals surface area (Å²) < 4.78 is 27.2. The van der Waals surface area contributed by atoms with Crippen LogP contribution in [0.15, 0.2) is 46.0 Å². The lowest BCUT2D eigenvalue weighted by Gasteiger charge is -2.31. The maximum atomic E-state index is 13.0. The molecule has 0 saturated carbocycles. The first kappa shape index (κ1) is 21.0. The fourth-order valence-corrected chi connectivity index (χ4v) is 6.45. The van der Waals surface area contributed by atoms with Gasteiger partial charge < -0.3 is 10.3 Å². The maximum Gasteiger partial charge on any atom is 0.252 e. The second kappa shape index (κ2) is 8.49. The van der Waals surface area contributed by atoms with Crippen molar-refractivity contribution in [3.05, 3.63) is 47.6 Å². The first-order chi connectivity index (χ1) is 14.4. The van der Waals surface area contributed by atoms with Gasteiger partial charge in [0.05, 0.1) is 17.1 Å². The summed E-state index contributed by atoms with van der Waals surface area (Å²) in [5.41, 5.74) is 1.82. The third-order valence-corrected chi connectivity index (χ3v) is 8.85. The van der Waals surface area contributed by atoms with Crippen molar-refractivity contribution in [3.8, 4) is 0 Å². The number of rotatable bonds is 6. The van der Waals surface area contributed by atoms with Crippen LogP contribution in [0.3, 0.4) is 0 Å². The van der Waals surface area contributed by atoms with E-state index in [0.717, 1.165) is 16.9 Å². The highest BCUT2D eigenvalue weighted by atomic mass is 32.2. The Morgan fingerprint density at radius 3 is 2.57 bits per heavy atom. The van der Waals surface area contributed by atoms with E-state index in [9.17, 15) is 13.2 Å². The molecule has 0 bridgehead atoms. The molecule has 0 radical (unpaired) electrons. The highest BCUT2D eigenvalue weighted by Gasteiger charge is 2.34. The Labute approximate surface area is 180 Å². The topological polar surface area (TPSA) is 95.2 Å². The van der Waals surface area contributed by atoms with Gasteiger partial charge in [0.1, 0.15) is 10.0 Å². The van der Waals surface area contributed by atoms with Gasteiger partial charge in [-0.25, -0.2) is 13.4 Å². The van der Waals surface area contributed by atoms with Crippen LogP contribution in [0.25, 0.3) is 11.0 Å². The van der Waals surface area contributed by atoms with Crippen LogP contribution in [-0.2, 0) is 14.8 Å². The minimum absolute atomic E-state index is 0.0395. The lowest BCUT2D eigenvalue weighted by molar-refractivity contribution is -0.127. The molecule has 3 aromatic rings. The molecular formula is C21H26N4O3S2. The van der Waals surface area contributed by atoms with E-state index in [1.54, 1.807) is 17.5 Å². The fourth-order valence-electron chi connectivity index (χ4n) is 3.84. The molecule has 30 heavy (non-hydrogen) atoms. The molecule has 3 heterocycles. The number of thiophene rings is 1. The molecule has 0 spiro atoms. The Balaban J connectivity index is 1.42. The van der Waals surface area contributed by atoms with E-state index in [0.29, 0.717) is 30.1 Å². The highest BCUT2D eigenvalue weighted by molar-refractivity contribution is 7.91. The van der Waals surface area contributed by atoms with Crippen molar-refractivity contribution in [2.24, 2.45) is 11.8 Å². The molecule has 2 aromatic heterocycles. The molecule has 1 aliphatic rings. The number of sulfonamides is 1. The van der Waals surface area contributed by atoms with Crippen LogP contribution < -0.4 is 5.32 Å². The molecule has 1 aliphatic heterocycles. The van der Waals surface area contributed by atoms with Crippen molar-refractivity contribution in [3.63, 3.8) is 0 Å². The fraction of sp³-hybridized carbons (Fsp3) is 0.429. The number of nitrogens with one attached hydrogen (secondary N) is 2. The number of nitrogens with zero attached hydrogens (tertiary/aromatic N) is 2. The van der Waals surface area contributed by atoms with Crippen LogP contribution in [0.4, 0.5) is 0 Å². The monoisotopic (exact) mass is 446 g/mol. The minimum atomic E-state index is -3.46. The zero-order valence-corrected chi connectivity index (χ0v) is 18.7. The van der Waals surface area contributed by atoms with Crippen molar-refractivity contribution in [1.82, 2.24) is 19.6 Å². The highest BCUT2D eigenvalue weighted by Crippen LogP contribution is 2.28. The van der Waals surface area contributed by atoms with Gasteiger partial charge in [-0.2, -0.15) is 4.31 Å². The lowest BCUT2D eigenvalue weighted by Crippen LogP contribution is -2.44. The van der Waals surface area contributed by atoms with Crippen molar-refractivity contribution in [1.29, 1.82) is 0 Å². The van der Waals surface area contributed by atoms with Gasteiger partial charge in [0.15, 0.2) is 0 Å². The molecule has 2 N–H and O–H groups in total. The quantitative estimate of drug-likeness (QED) is 0.605. The molecule has 1 amide bonds. The summed E-state index contributed by atoms with van der Waals surface area (Å²) in [6.07, 6.45) is 1.03. The number of aromatic nitrogens is 2. The summed E-state index contributed by atoms with van der Waals surface area (Å²) >= 11 is 1.22. The maximum absolute atomic E-state index is 13.0. The number of carbonyl (C=O) groups is 1. The molecule has 1 unspecified atom stereocenters. The molecular weight excluding hydrogens is 420 g/mol. The number of H-pyrrole nitrogens is 1. The number of hydrogen-bond acceptors (Lipinski definition) is 5. The Bertz CT molecular complexity index is 1080. The Hall–Kier alpha value is -2.23. The van der Waals surface area contributed by atoms with Crippen LogP contribution >= 0.6 is 11.3 Å². The van der Waals surface area contributed by atoms with Gasteiger partial charge in [-0.15, -0.1) is 11.3 Å². The number of hydrogen-bond donors (Lipinski definition) is 2. The smallest absolute Gasteiger partial charge is 0.252 e. The number of imidazole rings is 1. The summed E-state index contributed by atoms with van der Waals surface area (Å²) in [5, 5.41) is 4.91. The third-order valence-electron chi connectivity index (χ3n) is 5.58. The summed E-state index contributed by atoms with van der Waals surface area (Å²) in [6.45, 7) is 4.81. The second-order valence-corrected chi connectivity index (χ2v) is 11.1. The average Bonchev–Trinajstić information content (AvgIpc) is 3.41. The standard InChI is InChI=1S/C21H26N4O3S2/c1-14(2)19(20-22-16-6-3-4-7-17(16)23-20)24-21(26)15-9-11-25(12-10-15)30(27,28)18-8-5-13-29-18/h3-8,13-15,19H,9-12H2,1-2H3,(H,22,23)(H,24,26). The SMILES string of the molecule is CC(C)C(NC(=O)C1CCN(S(=O)(=O)c2cccs2)CC1)c1nc2ccccc2[nH]1. The van der Waals surface area contributed by atoms with Crippen LogP contribution in [-0.4, -0.2) is 41.7 Å². The summed E-state index contributed by atoms with van der Waals surface area (Å²) in [6, 6.07) is 10.9. The Morgan fingerprint density at radius 2 is 1.93 bits per heavy atom. The number of benzene rings is 1. The predicted octanol–water partition coefficient (Wildman–Crippen LogP) is 3.54. The normalized spacial score (nSPS) is 17.4. The van der Waals surface area contributed by atoms with Gasteiger partial charge in [-0.1, -0.05) is 32.0 Å². The Morgan fingerprint density at radius 1 is 1.20 bits per heavy atom. The predicted molar refractivity (Wildman–Crippen MR) is 118 cm³/mol. The van der Waals surface area contributed by atoms with Gasteiger partial charge in [0, 0.05) is 19.0 Å². The van der Waals surface area contributed by atoms with E-state index < -0.39 is 10.0 Å². The zero-order valence-electron chi connectivity index (χ0n) is 17.0. The first-order valence-electron chi connectivity index (χ1n) is 10.1. The van der Waals surface area contributed by atoms with Crippen LogP contribution in [0, 0.1) is 11.8 Å². The molecule has 1 aromatic carbocycles. The molecule has 1 fully saturated rings. The van der Waals surface area contributed by atoms with Gasteiger partial charge in [0.2, 0.25) is 5.91 Å². The molecule has 4 rings (SSSR count). The number of aromatic amines is 1.